The van der Waals surface area contributed by atoms with Crippen LogP contribution in [0, 0.1) is 0 Å². The van der Waals surface area contributed by atoms with E-state index in [1.807, 2.05) is 20.8 Å². The Morgan fingerprint density at radius 2 is 2.28 bits per heavy atom. The van der Waals surface area contributed by atoms with E-state index in [1.165, 1.54) is 0 Å². The molecule has 0 unspecified atom stereocenters. The van der Waals surface area contributed by atoms with Crippen LogP contribution in [0.25, 0.3) is 0 Å². The number of hydrogen-bond acceptors (Lipinski definition) is 5. The Hall–Kier alpha value is -1.56. The van der Waals surface area contributed by atoms with Crippen molar-refractivity contribution in [1.82, 2.24) is 10.5 Å². The summed E-state index contributed by atoms with van der Waals surface area (Å²) in [6.07, 6.45) is 1.38. The van der Waals surface area contributed by atoms with Crippen LogP contribution in [0.5, 0.6) is 0 Å². The van der Waals surface area contributed by atoms with E-state index in [2.05, 4.69) is 10.5 Å². The molecular formula is C12H19N3O3. The molecule has 6 heteroatoms. The lowest BCUT2D eigenvalue weighted by atomic mass is 10.2. The van der Waals surface area contributed by atoms with Gasteiger partial charge in [0, 0.05) is 6.07 Å². The number of nitrogens with two attached hydrogens (primary N) is 1. The maximum Gasteiger partial charge on any atom is 0.408 e. The number of aromatic nitrogens is 1. The average molecular weight is 253 g/mol. The molecule has 0 bridgehead atoms. The SMILES string of the molecule is CC(C)(C)OC(=O)NCc1cc(C2(N)CC2)no1. The van der Waals surface area contributed by atoms with Crippen molar-refractivity contribution < 1.29 is 14.1 Å². The third kappa shape index (κ3) is 3.22. The standard InChI is InChI=1S/C12H19N3O3/c1-11(2,3)17-10(16)14-7-8-6-9(15-18-8)12(13)4-5-12/h6H,4-5,7,13H2,1-3H3,(H,14,16). The van der Waals surface area contributed by atoms with Gasteiger partial charge in [-0.2, -0.15) is 0 Å². The molecule has 1 heterocycles. The highest BCUT2D eigenvalue weighted by Gasteiger charge is 2.42. The quantitative estimate of drug-likeness (QED) is 0.854. The Balaban J connectivity index is 1.83. The van der Waals surface area contributed by atoms with Gasteiger partial charge in [0.05, 0.1) is 12.1 Å². The molecule has 0 aliphatic heterocycles. The first-order chi connectivity index (χ1) is 8.28. The smallest absolute Gasteiger partial charge is 0.408 e. The molecule has 0 saturated heterocycles. The molecule has 1 saturated carbocycles. The molecule has 0 radical (unpaired) electrons. The molecule has 3 N–H and O–H groups in total. The molecule has 1 aliphatic carbocycles. The number of carbonyl (C=O) groups excluding carboxylic acids is 1. The van der Waals surface area contributed by atoms with Crippen LogP contribution in [0.2, 0.25) is 0 Å². The van der Waals surface area contributed by atoms with Crippen LogP contribution in [0.3, 0.4) is 0 Å². The van der Waals surface area contributed by atoms with E-state index < -0.39 is 11.7 Å². The Morgan fingerprint density at radius 1 is 1.61 bits per heavy atom. The molecular weight excluding hydrogens is 234 g/mol. The van der Waals surface area contributed by atoms with Crippen LogP contribution in [0.15, 0.2) is 10.6 Å². The second kappa shape index (κ2) is 4.28. The highest BCUT2D eigenvalue weighted by Crippen LogP contribution is 2.41. The number of amides is 1. The molecule has 1 amide bonds. The second-order valence-corrected chi connectivity index (χ2v) is 5.69. The van der Waals surface area contributed by atoms with E-state index in [-0.39, 0.29) is 12.1 Å². The average Bonchev–Trinajstić information content (AvgIpc) is 2.79. The summed E-state index contributed by atoms with van der Waals surface area (Å²) >= 11 is 0. The van der Waals surface area contributed by atoms with E-state index >= 15 is 0 Å². The van der Waals surface area contributed by atoms with Crippen molar-refractivity contribution in [2.45, 2.75) is 51.3 Å². The number of carbonyl (C=O) groups is 1. The summed E-state index contributed by atoms with van der Waals surface area (Å²) in [4.78, 5) is 11.4. The zero-order valence-electron chi connectivity index (χ0n) is 10.9. The molecule has 2 rings (SSSR count). The van der Waals surface area contributed by atoms with E-state index in [9.17, 15) is 4.79 Å². The normalized spacial score (nSPS) is 17.3. The topological polar surface area (TPSA) is 90.4 Å². The van der Waals surface area contributed by atoms with Crippen molar-refractivity contribution in [3.05, 3.63) is 17.5 Å². The largest absolute Gasteiger partial charge is 0.444 e. The number of nitrogens with one attached hydrogen (secondary N) is 1. The Labute approximate surface area is 106 Å². The molecule has 1 fully saturated rings. The van der Waals surface area contributed by atoms with Gasteiger partial charge >= 0.3 is 6.09 Å². The summed E-state index contributed by atoms with van der Waals surface area (Å²) in [6, 6.07) is 1.78. The van der Waals surface area contributed by atoms with Gasteiger partial charge < -0.3 is 20.3 Å². The first-order valence-corrected chi connectivity index (χ1v) is 6.00. The van der Waals surface area contributed by atoms with Crippen LogP contribution >= 0.6 is 0 Å². The number of rotatable bonds is 3. The molecule has 6 nitrogen and oxygen atoms in total. The highest BCUT2D eigenvalue weighted by atomic mass is 16.6. The van der Waals surface area contributed by atoms with E-state index in [4.69, 9.17) is 15.0 Å². The molecule has 100 valence electrons. The third-order valence-corrected chi connectivity index (χ3v) is 2.66. The van der Waals surface area contributed by atoms with Gasteiger partial charge in [0.15, 0.2) is 5.76 Å². The number of nitrogens with zero attached hydrogens (tertiary/aromatic N) is 1. The number of hydrogen-bond donors (Lipinski definition) is 2. The van der Waals surface area contributed by atoms with E-state index in [0.717, 1.165) is 18.5 Å². The number of alkyl carbamates (subject to hydrolysis) is 1. The van der Waals surface area contributed by atoms with Gasteiger partial charge in [-0.1, -0.05) is 5.16 Å². The van der Waals surface area contributed by atoms with Crippen molar-refractivity contribution in [1.29, 1.82) is 0 Å². The number of ether oxygens (including phenoxy) is 1. The Kier molecular flexibility index (Phi) is 3.06. The molecule has 0 aromatic carbocycles. The van der Waals surface area contributed by atoms with Crippen LogP contribution in [0.4, 0.5) is 4.79 Å². The fraction of sp³-hybridized carbons (Fsp3) is 0.667. The van der Waals surface area contributed by atoms with Crippen LogP contribution < -0.4 is 11.1 Å². The summed E-state index contributed by atoms with van der Waals surface area (Å²) in [5, 5.41) is 6.52. The van der Waals surface area contributed by atoms with Crippen LogP contribution in [0.1, 0.15) is 45.1 Å². The monoisotopic (exact) mass is 253 g/mol. The van der Waals surface area contributed by atoms with Crippen LogP contribution in [-0.4, -0.2) is 16.9 Å². The van der Waals surface area contributed by atoms with Gasteiger partial charge in [-0.15, -0.1) is 0 Å². The molecule has 1 aromatic rings. The second-order valence-electron chi connectivity index (χ2n) is 5.69. The van der Waals surface area contributed by atoms with Gasteiger partial charge in [-0.3, -0.25) is 0 Å². The maximum absolute atomic E-state index is 11.4. The minimum atomic E-state index is -0.508. The molecule has 0 spiro atoms. The van der Waals surface area contributed by atoms with Gasteiger partial charge in [0.25, 0.3) is 0 Å². The Morgan fingerprint density at radius 3 is 2.83 bits per heavy atom. The van der Waals surface area contributed by atoms with Gasteiger partial charge in [-0.05, 0) is 33.6 Å². The van der Waals surface area contributed by atoms with E-state index in [0.29, 0.717) is 5.76 Å². The van der Waals surface area contributed by atoms with Crippen molar-refractivity contribution in [3.8, 4) is 0 Å². The van der Waals surface area contributed by atoms with Crippen molar-refractivity contribution >= 4 is 6.09 Å². The summed E-state index contributed by atoms with van der Waals surface area (Å²) < 4.78 is 10.2. The lowest BCUT2D eigenvalue weighted by Crippen LogP contribution is -2.32. The van der Waals surface area contributed by atoms with Gasteiger partial charge in [0.2, 0.25) is 0 Å². The highest BCUT2D eigenvalue weighted by molar-refractivity contribution is 5.67. The third-order valence-electron chi connectivity index (χ3n) is 2.66. The molecule has 18 heavy (non-hydrogen) atoms. The van der Waals surface area contributed by atoms with E-state index in [1.54, 1.807) is 6.07 Å². The molecule has 1 aliphatic rings. The zero-order valence-corrected chi connectivity index (χ0v) is 10.9. The first-order valence-electron chi connectivity index (χ1n) is 6.00. The lowest BCUT2D eigenvalue weighted by Gasteiger charge is -2.19. The van der Waals surface area contributed by atoms with Crippen molar-refractivity contribution in [3.63, 3.8) is 0 Å². The predicted molar refractivity (Wildman–Crippen MR) is 64.7 cm³/mol. The van der Waals surface area contributed by atoms with Gasteiger partial charge in [0.1, 0.15) is 11.3 Å². The molecule has 0 atom stereocenters. The van der Waals surface area contributed by atoms with Crippen molar-refractivity contribution in [2.75, 3.05) is 0 Å². The fourth-order valence-corrected chi connectivity index (χ4v) is 1.50. The predicted octanol–water partition coefficient (Wildman–Crippen LogP) is 1.65. The minimum absolute atomic E-state index is 0.248. The Bertz CT molecular complexity index is 444. The maximum atomic E-state index is 11.4. The summed E-state index contributed by atoms with van der Waals surface area (Å²) in [5.41, 5.74) is 5.92. The fourth-order valence-electron chi connectivity index (χ4n) is 1.50. The van der Waals surface area contributed by atoms with Gasteiger partial charge in [-0.25, -0.2) is 4.79 Å². The summed E-state index contributed by atoms with van der Waals surface area (Å²) in [7, 11) is 0. The minimum Gasteiger partial charge on any atom is -0.444 e. The molecule has 1 aromatic heterocycles. The summed E-state index contributed by atoms with van der Waals surface area (Å²) in [5.74, 6) is 0.576. The lowest BCUT2D eigenvalue weighted by molar-refractivity contribution is 0.0519. The van der Waals surface area contributed by atoms with Crippen LogP contribution in [-0.2, 0) is 16.8 Å². The first kappa shape index (κ1) is 12.9. The summed E-state index contributed by atoms with van der Waals surface area (Å²) in [6.45, 7) is 5.68. The van der Waals surface area contributed by atoms with Crippen molar-refractivity contribution in [2.24, 2.45) is 5.73 Å². The zero-order chi connectivity index (χ0) is 13.4.